The topological polar surface area (TPSA) is 24.9 Å². The van der Waals surface area contributed by atoms with Gasteiger partial charge >= 0.3 is 0 Å². The van der Waals surface area contributed by atoms with Gasteiger partial charge in [-0.05, 0) is 30.8 Å². The standard InChI is InChI=1S/C13H11ClF2N2/c1-17-13(10-4-5-18-7-12(10)16)9-3-2-8(15)6-11(9)14/h2-7,13,17H,1H3. The number of hydrogen-bond acceptors (Lipinski definition) is 2. The minimum absolute atomic E-state index is 0.255. The molecule has 0 aliphatic carbocycles. The van der Waals surface area contributed by atoms with Gasteiger partial charge in [0.15, 0.2) is 0 Å². The van der Waals surface area contributed by atoms with E-state index >= 15 is 0 Å². The number of rotatable bonds is 3. The van der Waals surface area contributed by atoms with E-state index in [-0.39, 0.29) is 5.02 Å². The molecular weight excluding hydrogens is 258 g/mol. The van der Waals surface area contributed by atoms with Crippen LogP contribution in [0.25, 0.3) is 0 Å². The Morgan fingerprint density at radius 2 is 2.00 bits per heavy atom. The summed E-state index contributed by atoms with van der Waals surface area (Å²) in [7, 11) is 1.68. The maximum Gasteiger partial charge on any atom is 0.146 e. The highest BCUT2D eigenvalue weighted by atomic mass is 35.5. The second kappa shape index (κ2) is 5.42. The van der Waals surface area contributed by atoms with Gasteiger partial charge in [0.25, 0.3) is 0 Å². The Labute approximate surface area is 109 Å². The zero-order valence-corrected chi connectivity index (χ0v) is 10.4. The molecule has 0 aliphatic rings. The van der Waals surface area contributed by atoms with Crippen molar-refractivity contribution < 1.29 is 8.78 Å². The van der Waals surface area contributed by atoms with E-state index in [0.717, 1.165) is 6.20 Å². The van der Waals surface area contributed by atoms with Gasteiger partial charge in [-0.3, -0.25) is 4.98 Å². The molecule has 94 valence electrons. The molecule has 1 N–H and O–H groups in total. The predicted octanol–water partition coefficient (Wildman–Crippen LogP) is 3.32. The average Bonchev–Trinajstić information content (AvgIpc) is 2.34. The molecule has 0 fully saturated rings. The van der Waals surface area contributed by atoms with E-state index < -0.39 is 17.7 Å². The highest BCUT2D eigenvalue weighted by Crippen LogP contribution is 2.29. The first-order valence-electron chi connectivity index (χ1n) is 5.35. The Kier molecular flexibility index (Phi) is 3.89. The van der Waals surface area contributed by atoms with Crippen molar-refractivity contribution in [1.29, 1.82) is 0 Å². The number of nitrogens with zero attached hydrogens (tertiary/aromatic N) is 1. The molecule has 2 aromatic rings. The molecule has 1 heterocycles. The van der Waals surface area contributed by atoms with Crippen molar-refractivity contribution in [2.75, 3.05) is 7.05 Å². The molecular formula is C13H11ClF2N2. The third-order valence-corrected chi connectivity index (χ3v) is 3.00. The molecule has 18 heavy (non-hydrogen) atoms. The van der Waals surface area contributed by atoms with Crippen LogP contribution in [-0.2, 0) is 0 Å². The highest BCUT2D eigenvalue weighted by molar-refractivity contribution is 6.31. The van der Waals surface area contributed by atoms with Crippen LogP contribution in [0.2, 0.25) is 5.02 Å². The van der Waals surface area contributed by atoms with E-state index in [1.165, 1.54) is 18.3 Å². The Balaban J connectivity index is 2.49. The molecule has 1 unspecified atom stereocenters. The maximum absolute atomic E-state index is 13.7. The van der Waals surface area contributed by atoms with Gasteiger partial charge in [0, 0.05) is 16.8 Å². The molecule has 5 heteroatoms. The number of nitrogens with one attached hydrogen (secondary N) is 1. The number of aromatic nitrogens is 1. The maximum atomic E-state index is 13.7. The third-order valence-electron chi connectivity index (χ3n) is 2.68. The van der Waals surface area contributed by atoms with Crippen LogP contribution in [0.5, 0.6) is 0 Å². The van der Waals surface area contributed by atoms with Crippen LogP contribution < -0.4 is 5.32 Å². The summed E-state index contributed by atoms with van der Waals surface area (Å²) in [5.74, 6) is -0.856. The summed E-state index contributed by atoms with van der Waals surface area (Å²) in [6.45, 7) is 0. The van der Waals surface area contributed by atoms with Crippen LogP contribution in [0, 0.1) is 11.6 Å². The number of halogens is 3. The quantitative estimate of drug-likeness (QED) is 0.924. The number of benzene rings is 1. The molecule has 2 rings (SSSR count). The third kappa shape index (κ3) is 2.49. The minimum atomic E-state index is -0.443. The summed E-state index contributed by atoms with van der Waals surface area (Å²) in [5.41, 5.74) is 1.03. The molecule has 0 radical (unpaired) electrons. The molecule has 2 nitrogen and oxygen atoms in total. The normalized spacial score (nSPS) is 12.4. The van der Waals surface area contributed by atoms with Crippen molar-refractivity contribution in [2.24, 2.45) is 0 Å². The predicted molar refractivity (Wildman–Crippen MR) is 66.5 cm³/mol. The second-order valence-electron chi connectivity index (χ2n) is 3.78. The summed E-state index contributed by atoms with van der Waals surface area (Å²) in [5, 5.41) is 3.22. The Morgan fingerprint density at radius 1 is 1.22 bits per heavy atom. The van der Waals surface area contributed by atoms with E-state index in [1.807, 2.05) is 0 Å². The van der Waals surface area contributed by atoms with Crippen LogP contribution in [0.3, 0.4) is 0 Å². The lowest BCUT2D eigenvalue weighted by atomic mass is 9.99. The lowest BCUT2D eigenvalue weighted by Gasteiger charge is -2.18. The van der Waals surface area contributed by atoms with E-state index in [1.54, 1.807) is 19.2 Å². The van der Waals surface area contributed by atoms with Gasteiger partial charge in [0.1, 0.15) is 11.6 Å². The van der Waals surface area contributed by atoms with Gasteiger partial charge in [-0.2, -0.15) is 0 Å². The first-order chi connectivity index (χ1) is 8.63. The van der Waals surface area contributed by atoms with E-state index in [2.05, 4.69) is 10.3 Å². The molecule has 0 bridgehead atoms. The first kappa shape index (κ1) is 12.9. The second-order valence-corrected chi connectivity index (χ2v) is 4.19. The zero-order chi connectivity index (χ0) is 13.1. The summed E-state index contributed by atoms with van der Waals surface area (Å²) < 4.78 is 26.7. The largest absolute Gasteiger partial charge is 0.309 e. The molecule has 1 atom stereocenters. The minimum Gasteiger partial charge on any atom is -0.309 e. The molecule has 1 aromatic carbocycles. The van der Waals surface area contributed by atoms with Gasteiger partial charge in [0.05, 0.1) is 12.2 Å². The molecule has 0 saturated carbocycles. The average molecular weight is 269 g/mol. The van der Waals surface area contributed by atoms with Crippen LogP contribution in [-0.4, -0.2) is 12.0 Å². The molecule has 1 aromatic heterocycles. The monoisotopic (exact) mass is 268 g/mol. The Bertz CT molecular complexity index is 560. The molecule has 0 aliphatic heterocycles. The fourth-order valence-electron chi connectivity index (χ4n) is 1.83. The molecule has 0 amide bonds. The summed E-state index contributed by atoms with van der Waals surface area (Å²) in [6.07, 6.45) is 2.64. The van der Waals surface area contributed by atoms with Crippen LogP contribution in [0.4, 0.5) is 8.78 Å². The number of pyridine rings is 1. The van der Waals surface area contributed by atoms with Crippen molar-refractivity contribution in [2.45, 2.75) is 6.04 Å². The first-order valence-corrected chi connectivity index (χ1v) is 5.73. The SMILES string of the molecule is CNC(c1ccncc1F)c1ccc(F)cc1Cl. The number of hydrogen-bond donors (Lipinski definition) is 1. The summed E-state index contributed by atoms with van der Waals surface area (Å²) in [6, 6.07) is 5.17. The lowest BCUT2D eigenvalue weighted by molar-refractivity contribution is 0.569. The molecule has 0 saturated heterocycles. The van der Waals surface area contributed by atoms with Crippen molar-refractivity contribution in [3.05, 3.63) is 64.4 Å². The van der Waals surface area contributed by atoms with E-state index in [4.69, 9.17) is 11.6 Å². The van der Waals surface area contributed by atoms with E-state index in [9.17, 15) is 8.78 Å². The van der Waals surface area contributed by atoms with Crippen molar-refractivity contribution >= 4 is 11.6 Å². The lowest BCUT2D eigenvalue weighted by Crippen LogP contribution is -2.19. The zero-order valence-electron chi connectivity index (χ0n) is 9.62. The molecule has 0 spiro atoms. The summed E-state index contributed by atoms with van der Waals surface area (Å²) in [4.78, 5) is 3.70. The van der Waals surface area contributed by atoms with Gasteiger partial charge < -0.3 is 5.32 Å². The van der Waals surface area contributed by atoms with Crippen LogP contribution in [0.1, 0.15) is 17.2 Å². The van der Waals surface area contributed by atoms with Crippen LogP contribution in [0.15, 0.2) is 36.7 Å². The Hall–Kier alpha value is -1.52. The van der Waals surface area contributed by atoms with Crippen molar-refractivity contribution in [1.82, 2.24) is 10.3 Å². The summed E-state index contributed by atoms with van der Waals surface area (Å²) >= 11 is 5.99. The highest BCUT2D eigenvalue weighted by Gasteiger charge is 2.18. The van der Waals surface area contributed by atoms with Gasteiger partial charge in [-0.1, -0.05) is 17.7 Å². The fraction of sp³-hybridized carbons (Fsp3) is 0.154. The smallest absolute Gasteiger partial charge is 0.146 e. The van der Waals surface area contributed by atoms with Crippen molar-refractivity contribution in [3.63, 3.8) is 0 Å². The van der Waals surface area contributed by atoms with Gasteiger partial charge in [-0.15, -0.1) is 0 Å². The van der Waals surface area contributed by atoms with Crippen molar-refractivity contribution in [3.8, 4) is 0 Å². The fourth-order valence-corrected chi connectivity index (χ4v) is 2.11. The van der Waals surface area contributed by atoms with E-state index in [0.29, 0.717) is 11.1 Å². The van der Waals surface area contributed by atoms with Gasteiger partial charge in [0.2, 0.25) is 0 Å². The van der Waals surface area contributed by atoms with Gasteiger partial charge in [-0.25, -0.2) is 8.78 Å². The van der Waals surface area contributed by atoms with Crippen LogP contribution >= 0.6 is 11.6 Å². The Morgan fingerprint density at radius 3 is 2.61 bits per heavy atom.